The molecule has 1 aliphatic rings. The highest BCUT2D eigenvalue weighted by atomic mass is 32.1. The third-order valence-corrected chi connectivity index (χ3v) is 6.87. The normalized spacial score (nSPS) is 19.4. The van der Waals surface area contributed by atoms with Crippen LogP contribution in [0.4, 0.5) is 5.69 Å². The third kappa shape index (κ3) is 6.57. The van der Waals surface area contributed by atoms with Gasteiger partial charge in [-0.05, 0) is 60.6 Å². The minimum absolute atomic E-state index is 0.833. The largest absolute Gasteiger partial charge is 0.344 e. The maximum Gasteiger partial charge on any atom is 0.173 e. The molecule has 0 bridgehead atoms. The van der Waals surface area contributed by atoms with Crippen molar-refractivity contribution in [3.63, 3.8) is 0 Å². The number of quaternary nitrogens is 1. The van der Waals surface area contributed by atoms with E-state index in [9.17, 15) is 0 Å². The second-order valence-electron chi connectivity index (χ2n) is 8.04. The Morgan fingerprint density at radius 2 is 2.11 bits per heavy atom. The first-order valence-corrected chi connectivity index (χ1v) is 11.9. The van der Waals surface area contributed by atoms with Crippen molar-refractivity contribution in [3.8, 4) is 0 Å². The molecule has 0 spiro atoms. The van der Waals surface area contributed by atoms with Gasteiger partial charge in [-0.3, -0.25) is 0 Å². The standard InChI is InChI=1S/C23H33N3S2/c1-3-20-9-11-21(12-10-20)24-23(27)26(18-22-8-5-16-28-22)15-6-14-25-13-4-7-19(2)17-25/h5,8-12,16,19H,3-4,6-7,13-15,17-18H2,1-2H3,(H,24,27)/p+1. The Bertz CT molecular complexity index is 712. The van der Waals surface area contributed by atoms with Gasteiger partial charge in [0, 0.05) is 29.4 Å². The van der Waals surface area contributed by atoms with E-state index in [1.807, 2.05) is 11.3 Å². The highest BCUT2D eigenvalue weighted by molar-refractivity contribution is 7.80. The molecule has 1 aromatic carbocycles. The van der Waals surface area contributed by atoms with Gasteiger partial charge in [-0.1, -0.05) is 32.0 Å². The summed E-state index contributed by atoms with van der Waals surface area (Å²) >= 11 is 7.60. The fourth-order valence-corrected chi connectivity index (χ4v) is 5.01. The number of aryl methyl sites for hydroxylation is 1. The van der Waals surface area contributed by atoms with Crippen molar-refractivity contribution in [3.05, 3.63) is 52.2 Å². The SMILES string of the molecule is CCc1ccc(NC(=S)N(CCC[NH+]2CCCC(C)C2)Cc2cccs2)cc1. The first kappa shape index (κ1) is 21.3. The molecule has 28 heavy (non-hydrogen) atoms. The molecule has 1 aromatic heterocycles. The Morgan fingerprint density at radius 1 is 1.29 bits per heavy atom. The van der Waals surface area contributed by atoms with Crippen LogP contribution in [-0.2, 0) is 13.0 Å². The van der Waals surface area contributed by atoms with Gasteiger partial charge >= 0.3 is 0 Å². The summed E-state index contributed by atoms with van der Waals surface area (Å²) in [4.78, 5) is 5.47. The second-order valence-corrected chi connectivity index (χ2v) is 9.46. The fraction of sp³-hybridized carbons (Fsp3) is 0.522. The van der Waals surface area contributed by atoms with Gasteiger partial charge in [0.25, 0.3) is 0 Å². The summed E-state index contributed by atoms with van der Waals surface area (Å²) in [6, 6.07) is 12.9. The van der Waals surface area contributed by atoms with Gasteiger partial charge in [0.15, 0.2) is 5.11 Å². The quantitative estimate of drug-likeness (QED) is 0.629. The first-order chi connectivity index (χ1) is 13.6. The number of thiophene rings is 1. The molecule has 3 nitrogen and oxygen atoms in total. The van der Waals surface area contributed by atoms with E-state index in [-0.39, 0.29) is 0 Å². The summed E-state index contributed by atoms with van der Waals surface area (Å²) < 4.78 is 0. The van der Waals surface area contributed by atoms with Crippen molar-refractivity contribution >= 4 is 34.4 Å². The molecule has 152 valence electrons. The summed E-state index contributed by atoms with van der Waals surface area (Å²) in [5.74, 6) is 0.875. The highest BCUT2D eigenvalue weighted by Crippen LogP contribution is 2.15. The van der Waals surface area contributed by atoms with Crippen LogP contribution in [0.1, 0.15) is 43.6 Å². The lowest BCUT2D eigenvalue weighted by Crippen LogP contribution is -3.13. The summed E-state index contributed by atoms with van der Waals surface area (Å²) in [6.45, 7) is 10.4. The van der Waals surface area contributed by atoms with Gasteiger partial charge in [0.2, 0.25) is 0 Å². The number of benzene rings is 1. The molecule has 2 heterocycles. The van der Waals surface area contributed by atoms with Crippen molar-refractivity contribution in [2.24, 2.45) is 5.92 Å². The van der Waals surface area contributed by atoms with Gasteiger partial charge in [-0.15, -0.1) is 11.3 Å². The van der Waals surface area contributed by atoms with Crippen LogP contribution in [0.15, 0.2) is 41.8 Å². The molecule has 0 radical (unpaired) electrons. The zero-order valence-corrected chi connectivity index (χ0v) is 18.9. The molecule has 2 atom stereocenters. The van der Waals surface area contributed by atoms with Gasteiger partial charge in [-0.25, -0.2) is 0 Å². The molecular weight excluding hydrogens is 382 g/mol. The van der Waals surface area contributed by atoms with E-state index >= 15 is 0 Å². The molecule has 0 saturated carbocycles. The zero-order chi connectivity index (χ0) is 19.8. The van der Waals surface area contributed by atoms with E-state index in [1.54, 1.807) is 4.90 Å². The topological polar surface area (TPSA) is 19.7 Å². The molecule has 0 aliphatic carbocycles. The Balaban J connectivity index is 1.56. The molecule has 2 unspecified atom stereocenters. The summed E-state index contributed by atoms with van der Waals surface area (Å²) in [5.41, 5.74) is 2.43. The molecule has 1 fully saturated rings. The summed E-state index contributed by atoms with van der Waals surface area (Å²) in [6.07, 6.45) is 5.03. The Kier molecular flexibility index (Phi) is 8.31. The molecule has 1 aliphatic heterocycles. The Hall–Kier alpha value is -1.43. The molecule has 2 aromatic rings. The van der Waals surface area contributed by atoms with Crippen LogP contribution in [0.3, 0.4) is 0 Å². The van der Waals surface area contributed by atoms with Crippen LogP contribution in [0.2, 0.25) is 0 Å². The molecule has 0 amide bonds. The number of hydrogen-bond acceptors (Lipinski definition) is 2. The Labute approximate surface area is 179 Å². The van der Waals surface area contributed by atoms with E-state index in [0.717, 1.165) is 36.2 Å². The summed E-state index contributed by atoms with van der Waals surface area (Å²) in [7, 11) is 0. The number of nitrogens with one attached hydrogen (secondary N) is 2. The lowest BCUT2D eigenvalue weighted by atomic mass is 10.0. The second kappa shape index (κ2) is 10.9. The van der Waals surface area contributed by atoms with Crippen molar-refractivity contribution in [1.82, 2.24) is 4.90 Å². The van der Waals surface area contributed by atoms with Crippen molar-refractivity contribution in [2.75, 3.05) is 31.5 Å². The van der Waals surface area contributed by atoms with Crippen molar-refractivity contribution in [1.29, 1.82) is 0 Å². The monoisotopic (exact) mass is 416 g/mol. The van der Waals surface area contributed by atoms with Gasteiger partial charge in [0.1, 0.15) is 0 Å². The number of hydrogen-bond donors (Lipinski definition) is 2. The van der Waals surface area contributed by atoms with Gasteiger partial charge in [-0.2, -0.15) is 0 Å². The maximum absolute atomic E-state index is 5.79. The van der Waals surface area contributed by atoms with Crippen molar-refractivity contribution < 1.29 is 4.90 Å². The molecule has 5 heteroatoms. The lowest BCUT2D eigenvalue weighted by molar-refractivity contribution is -0.908. The molecule has 3 rings (SSSR count). The van der Waals surface area contributed by atoms with Crippen LogP contribution in [0.25, 0.3) is 0 Å². The maximum atomic E-state index is 5.79. The van der Waals surface area contributed by atoms with Crippen LogP contribution in [0.5, 0.6) is 0 Å². The predicted octanol–water partition coefficient (Wildman–Crippen LogP) is 4.21. The van der Waals surface area contributed by atoms with Crippen LogP contribution in [-0.4, -0.2) is 36.2 Å². The smallest absolute Gasteiger partial charge is 0.173 e. The minimum Gasteiger partial charge on any atom is -0.344 e. The van der Waals surface area contributed by atoms with E-state index in [4.69, 9.17) is 12.2 Å². The molecule has 2 N–H and O–H groups in total. The number of piperidine rings is 1. The molecule has 1 saturated heterocycles. The Morgan fingerprint density at radius 3 is 2.79 bits per heavy atom. The average molecular weight is 417 g/mol. The van der Waals surface area contributed by atoms with Crippen LogP contribution in [0, 0.1) is 5.92 Å². The number of nitrogens with zero attached hydrogens (tertiary/aromatic N) is 1. The van der Waals surface area contributed by atoms with E-state index in [2.05, 4.69) is 65.8 Å². The number of rotatable bonds is 8. The van der Waals surface area contributed by atoms with Crippen LogP contribution >= 0.6 is 23.6 Å². The average Bonchev–Trinajstić information content (AvgIpc) is 3.21. The number of thiocarbonyl (C=S) groups is 1. The zero-order valence-electron chi connectivity index (χ0n) is 17.2. The predicted molar refractivity (Wildman–Crippen MR) is 125 cm³/mol. The number of likely N-dealkylation sites (tertiary alicyclic amines) is 1. The first-order valence-electron chi connectivity index (χ1n) is 10.6. The van der Waals surface area contributed by atoms with E-state index in [0.29, 0.717) is 0 Å². The van der Waals surface area contributed by atoms with Gasteiger partial charge in [0.05, 0.1) is 26.2 Å². The fourth-order valence-electron chi connectivity index (χ4n) is 4.01. The minimum atomic E-state index is 0.833. The molecular formula is C23H34N3S2+. The summed E-state index contributed by atoms with van der Waals surface area (Å²) in [5, 5.41) is 6.44. The van der Waals surface area contributed by atoms with Crippen LogP contribution < -0.4 is 10.2 Å². The van der Waals surface area contributed by atoms with E-state index < -0.39 is 0 Å². The third-order valence-electron chi connectivity index (χ3n) is 5.65. The van der Waals surface area contributed by atoms with Gasteiger partial charge < -0.3 is 15.1 Å². The van der Waals surface area contributed by atoms with E-state index in [1.165, 1.54) is 49.3 Å². The lowest BCUT2D eigenvalue weighted by Gasteiger charge is -2.30. The number of anilines is 1. The van der Waals surface area contributed by atoms with Crippen molar-refractivity contribution in [2.45, 2.75) is 46.1 Å². The highest BCUT2D eigenvalue weighted by Gasteiger charge is 2.20.